The summed E-state index contributed by atoms with van der Waals surface area (Å²) in [6.45, 7) is 10.2. The van der Waals surface area contributed by atoms with Crippen molar-refractivity contribution in [2.75, 3.05) is 6.54 Å². The molecule has 2 rings (SSSR count). The lowest BCUT2D eigenvalue weighted by atomic mass is 9.70. The van der Waals surface area contributed by atoms with Crippen LogP contribution in [-0.4, -0.2) is 24.3 Å². The van der Waals surface area contributed by atoms with Gasteiger partial charge in [-0.15, -0.1) is 0 Å². The molecule has 2 fully saturated rings. The van der Waals surface area contributed by atoms with E-state index in [-0.39, 0.29) is 5.54 Å². The Kier molecular flexibility index (Phi) is 4.94. The zero-order valence-corrected chi connectivity index (χ0v) is 13.4. The van der Waals surface area contributed by atoms with Gasteiger partial charge < -0.3 is 10.1 Å². The molecule has 0 aromatic carbocycles. The van der Waals surface area contributed by atoms with Gasteiger partial charge in [0.25, 0.3) is 0 Å². The molecule has 0 aromatic heterocycles. The maximum absolute atomic E-state index is 6.09. The van der Waals surface area contributed by atoms with Crippen molar-refractivity contribution in [3.05, 3.63) is 0 Å². The zero-order valence-electron chi connectivity index (χ0n) is 13.4. The largest absolute Gasteiger partial charge is 0.375 e. The van der Waals surface area contributed by atoms with Crippen LogP contribution in [-0.2, 0) is 4.74 Å². The number of rotatable bonds is 4. The highest BCUT2D eigenvalue weighted by Gasteiger charge is 2.37. The Labute approximate surface area is 119 Å². The van der Waals surface area contributed by atoms with Gasteiger partial charge in [-0.05, 0) is 65.2 Å². The maximum atomic E-state index is 6.09. The second kappa shape index (κ2) is 6.13. The average Bonchev–Trinajstić information content (AvgIpc) is 2.73. The van der Waals surface area contributed by atoms with Crippen molar-refractivity contribution in [1.29, 1.82) is 0 Å². The molecule has 112 valence electrons. The van der Waals surface area contributed by atoms with Gasteiger partial charge >= 0.3 is 0 Å². The van der Waals surface area contributed by atoms with Crippen LogP contribution in [0.15, 0.2) is 0 Å². The first-order valence-electron chi connectivity index (χ1n) is 8.29. The van der Waals surface area contributed by atoms with Crippen molar-refractivity contribution in [2.24, 2.45) is 5.41 Å². The summed E-state index contributed by atoms with van der Waals surface area (Å²) in [4.78, 5) is 0. The molecule has 2 aliphatic rings. The Bertz CT molecular complexity index is 275. The van der Waals surface area contributed by atoms with Crippen LogP contribution in [0.2, 0.25) is 0 Å². The lowest BCUT2D eigenvalue weighted by Crippen LogP contribution is -2.46. The van der Waals surface area contributed by atoms with Gasteiger partial charge in [-0.1, -0.05) is 19.3 Å². The molecule has 0 amide bonds. The van der Waals surface area contributed by atoms with E-state index >= 15 is 0 Å². The first-order chi connectivity index (χ1) is 8.89. The van der Waals surface area contributed by atoms with Crippen LogP contribution in [0.4, 0.5) is 0 Å². The standard InChI is InChI=1S/C17H33NO/c1-14-8-9-15(19-14)12-17(10-6-5-7-11-17)13-18-16(2,3)4/h14-15,18H,5-13H2,1-4H3. The van der Waals surface area contributed by atoms with E-state index in [2.05, 4.69) is 33.0 Å². The van der Waals surface area contributed by atoms with Crippen LogP contribution in [0.1, 0.15) is 79.1 Å². The molecule has 2 heteroatoms. The summed E-state index contributed by atoms with van der Waals surface area (Å²) in [5.41, 5.74) is 0.731. The van der Waals surface area contributed by atoms with Gasteiger partial charge in [-0.3, -0.25) is 0 Å². The second-order valence-electron chi connectivity index (χ2n) is 8.01. The Hall–Kier alpha value is -0.0800. The second-order valence-corrected chi connectivity index (χ2v) is 8.01. The van der Waals surface area contributed by atoms with E-state index in [1.54, 1.807) is 0 Å². The molecule has 19 heavy (non-hydrogen) atoms. The quantitative estimate of drug-likeness (QED) is 0.820. The fourth-order valence-corrected chi connectivity index (χ4v) is 3.73. The van der Waals surface area contributed by atoms with Crippen molar-refractivity contribution < 1.29 is 4.74 Å². The predicted molar refractivity (Wildman–Crippen MR) is 81.5 cm³/mol. The lowest BCUT2D eigenvalue weighted by molar-refractivity contribution is 0.00885. The molecule has 1 saturated heterocycles. The van der Waals surface area contributed by atoms with E-state index in [9.17, 15) is 0 Å². The minimum atomic E-state index is 0.230. The maximum Gasteiger partial charge on any atom is 0.0585 e. The van der Waals surface area contributed by atoms with Crippen LogP contribution in [0.25, 0.3) is 0 Å². The van der Waals surface area contributed by atoms with E-state index in [0.717, 1.165) is 0 Å². The van der Waals surface area contributed by atoms with Crippen molar-refractivity contribution >= 4 is 0 Å². The highest BCUT2D eigenvalue weighted by atomic mass is 16.5. The van der Waals surface area contributed by atoms with Crippen LogP contribution < -0.4 is 5.32 Å². The van der Waals surface area contributed by atoms with E-state index in [1.807, 2.05) is 0 Å². The molecule has 1 heterocycles. The fraction of sp³-hybridized carbons (Fsp3) is 1.00. The van der Waals surface area contributed by atoms with Crippen LogP contribution >= 0.6 is 0 Å². The van der Waals surface area contributed by atoms with Gasteiger partial charge in [-0.25, -0.2) is 0 Å². The summed E-state index contributed by atoms with van der Waals surface area (Å²) in [5.74, 6) is 0. The molecular weight excluding hydrogens is 234 g/mol. The molecule has 1 aliphatic carbocycles. The minimum Gasteiger partial charge on any atom is -0.375 e. The highest BCUT2D eigenvalue weighted by Crippen LogP contribution is 2.42. The normalized spacial score (nSPS) is 31.6. The molecule has 0 aromatic rings. The van der Waals surface area contributed by atoms with E-state index in [1.165, 1.54) is 57.9 Å². The minimum absolute atomic E-state index is 0.230. The van der Waals surface area contributed by atoms with Crippen LogP contribution in [0, 0.1) is 5.41 Å². The van der Waals surface area contributed by atoms with Gasteiger partial charge in [0.2, 0.25) is 0 Å². The smallest absolute Gasteiger partial charge is 0.0585 e. The van der Waals surface area contributed by atoms with Crippen molar-refractivity contribution in [2.45, 2.75) is 96.8 Å². The van der Waals surface area contributed by atoms with Gasteiger partial charge in [0.15, 0.2) is 0 Å². The molecule has 1 aliphatic heterocycles. The summed E-state index contributed by atoms with van der Waals surface area (Å²) < 4.78 is 6.09. The van der Waals surface area contributed by atoms with E-state index in [0.29, 0.717) is 17.6 Å². The molecule has 1 saturated carbocycles. The summed E-state index contributed by atoms with van der Waals surface area (Å²) in [7, 11) is 0. The lowest BCUT2D eigenvalue weighted by Gasteiger charge is -2.41. The fourth-order valence-electron chi connectivity index (χ4n) is 3.73. The molecule has 1 N–H and O–H groups in total. The summed E-state index contributed by atoms with van der Waals surface area (Å²) in [6, 6.07) is 0. The molecular formula is C17H33NO. The van der Waals surface area contributed by atoms with Crippen molar-refractivity contribution in [3.63, 3.8) is 0 Å². The molecule has 0 bridgehead atoms. The topological polar surface area (TPSA) is 21.3 Å². The molecule has 0 radical (unpaired) electrons. The third kappa shape index (κ3) is 4.75. The summed E-state index contributed by atoms with van der Waals surface area (Å²) in [5, 5.41) is 3.76. The third-order valence-corrected chi connectivity index (χ3v) is 4.89. The van der Waals surface area contributed by atoms with E-state index < -0.39 is 0 Å². The Morgan fingerprint density at radius 3 is 2.32 bits per heavy atom. The Balaban J connectivity index is 1.93. The molecule has 2 unspecified atom stereocenters. The average molecular weight is 267 g/mol. The monoisotopic (exact) mass is 267 g/mol. The van der Waals surface area contributed by atoms with Crippen LogP contribution in [0.5, 0.6) is 0 Å². The first kappa shape index (κ1) is 15.3. The van der Waals surface area contributed by atoms with E-state index in [4.69, 9.17) is 4.74 Å². The summed E-state index contributed by atoms with van der Waals surface area (Å²) >= 11 is 0. The number of nitrogens with one attached hydrogen (secondary N) is 1. The number of hydrogen-bond acceptors (Lipinski definition) is 2. The first-order valence-corrected chi connectivity index (χ1v) is 8.29. The van der Waals surface area contributed by atoms with Gasteiger partial charge in [-0.2, -0.15) is 0 Å². The van der Waals surface area contributed by atoms with Gasteiger partial charge in [0.05, 0.1) is 12.2 Å². The van der Waals surface area contributed by atoms with Crippen molar-refractivity contribution in [3.8, 4) is 0 Å². The summed E-state index contributed by atoms with van der Waals surface area (Å²) in [6.07, 6.45) is 11.9. The van der Waals surface area contributed by atoms with Crippen molar-refractivity contribution in [1.82, 2.24) is 5.32 Å². The highest BCUT2D eigenvalue weighted by molar-refractivity contribution is 4.90. The third-order valence-electron chi connectivity index (χ3n) is 4.89. The van der Waals surface area contributed by atoms with Gasteiger partial charge in [0.1, 0.15) is 0 Å². The molecule has 2 atom stereocenters. The Morgan fingerprint density at radius 1 is 1.11 bits per heavy atom. The zero-order chi connectivity index (χ0) is 13.9. The molecule has 2 nitrogen and oxygen atoms in total. The van der Waals surface area contributed by atoms with Crippen LogP contribution in [0.3, 0.4) is 0 Å². The number of ether oxygens (including phenoxy) is 1. The number of hydrogen-bond donors (Lipinski definition) is 1. The SMILES string of the molecule is CC1CCC(CC2(CNC(C)(C)C)CCCCC2)O1. The molecule has 0 spiro atoms. The predicted octanol–water partition coefficient (Wildman–Crippen LogP) is 4.28. The van der Waals surface area contributed by atoms with Gasteiger partial charge in [0, 0.05) is 12.1 Å². The Morgan fingerprint density at radius 2 is 1.79 bits per heavy atom.